The molecule has 0 bridgehead atoms. The number of rotatable bonds is 9. The molecule has 0 aromatic rings. The molecular formula is C20H42N2O15S3. The van der Waals surface area contributed by atoms with Crippen LogP contribution in [0.25, 0.3) is 0 Å². The minimum Gasteiger partial charge on any atom is -0.747 e. The van der Waals surface area contributed by atoms with Gasteiger partial charge in [0.2, 0.25) is 0 Å². The first-order valence-corrected chi connectivity index (χ1v) is 14.8. The van der Waals surface area contributed by atoms with Crippen molar-refractivity contribution < 1.29 is 72.9 Å². The van der Waals surface area contributed by atoms with Gasteiger partial charge in [0.05, 0.1) is 27.9 Å². The summed E-state index contributed by atoms with van der Waals surface area (Å²) in [6.07, 6.45) is 3.83. The Morgan fingerprint density at radius 1 is 0.900 bits per heavy atom. The van der Waals surface area contributed by atoms with Crippen LogP contribution in [0.1, 0.15) is 40.0 Å². The van der Waals surface area contributed by atoms with Gasteiger partial charge in [-0.25, -0.2) is 8.42 Å². The van der Waals surface area contributed by atoms with Crippen LogP contribution in [0.3, 0.4) is 0 Å². The summed E-state index contributed by atoms with van der Waals surface area (Å²) < 4.78 is 98.1. The zero-order valence-electron chi connectivity index (χ0n) is 23.4. The van der Waals surface area contributed by atoms with Gasteiger partial charge in [0.15, 0.2) is 5.25 Å². The molecule has 0 fully saturated rings. The largest absolute Gasteiger partial charge is 0.747 e. The van der Waals surface area contributed by atoms with Gasteiger partial charge < -0.3 is 30.2 Å². The second-order valence-electron chi connectivity index (χ2n) is 6.08. The quantitative estimate of drug-likeness (QED) is 0.110. The third-order valence-electron chi connectivity index (χ3n) is 3.26. The molecule has 2 atom stereocenters. The standard InChI is InChI=1S/2C5H10O5S.C4H8O2.2C3H7N.O3S/c2*1-3-4(5(6)10-2)11(7,8)9;1-3-4(5)6-2;2*1-2-3-4;1-4(2)3/h2*4H,3H2,1-2H3,(H,7,8,9);3H2,1-2H3;2*2H,1,3-4H2;. The summed E-state index contributed by atoms with van der Waals surface area (Å²) in [5, 5.41) is -3.01. The Balaban J connectivity index is -0.0000000924. The number of hydrogen-bond acceptors (Lipinski definition) is 15. The Hall–Kier alpha value is -2.75. The van der Waals surface area contributed by atoms with Crippen molar-refractivity contribution in [3.05, 3.63) is 25.3 Å². The van der Waals surface area contributed by atoms with Crippen molar-refractivity contribution in [3.63, 3.8) is 0 Å². The normalized spacial score (nSPS) is 10.8. The summed E-state index contributed by atoms with van der Waals surface area (Å²) in [5.41, 5.74) is 8.40. The molecule has 0 aromatic carbocycles. The maximum atomic E-state index is 10.6. The molecule has 0 aliphatic heterocycles. The van der Waals surface area contributed by atoms with Crippen LogP contribution in [0, 0.1) is 0 Å². The van der Waals surface area contributed by atoms with Gasteiger partial charge in [0, 0.05) is 13.0 Å². The molecule has 20 heteroatoms. The van der Waals surface area contributed by atoms with E-state index in [2.05, 4.69) is 33.1 Å². The lowest BCUT2D eigenvalue weighted by molar-refractivity contribution is -0.352. The van der Waals surface area contributed by atoms with Gasteiger partial charge in [-0.3, -0.25) is 18.9 Å². The van der Waals surface area contributed by atoms with E-state index in [1.54, 1.807) is 19.1 Å². The zero-order valence-corrected chi connectivity index (χ0v) is 25.9. The average molecular weight is 647 g/mol. The van der Waals surface area contributed by atoms with E-state index in [4.69, 9.17) is 22.9 Å². The highest BCUT2D eigenvalue weighted by molar-refractivity contribution is 7.87. The monoisotopic (exact) mass is 646 g/mol. The van der Waals surface area contributed by atoms with Gasteiger partial charge in [0.1, 0.15) is 15.4 Å². The average Bonchev–Trinajstić information content (AvgIpc) is 2.87. The third kappa shape index (κ3) is 42.3. The number of ether oxygens (including phenoxy) is 3. The number of esters is 3. The highest BCUT2D eigenvalue weighted by Crippen LogP contribution is 2.05. The van der Waals surface area contributed by atoms with E-state index in [0.29, 0.717) is 13.0 Å². The SMILES string of the molecule is C=CCN.C=CC[NH3+].CCC(=O)OC.CCC(C(=O)OC)S(=O)(=O)O.CCC(C(=O)OC)S(=O)(=O)[O-].O=S(=O)=O. The Morgan fingerprint density at radius 2 is 1.20 bits per heavy atom. The van der Waals surface area contributed by atoms with E-state index < -0.39 is 53.3 Å². The molecule has 0 radical (unpaired) electrons. The van der Waals surface area contributed by atoms with Gasteiger partial charge >= 0.3 is 28.5 Å². The predicted octanol–water partition coefficient (Wildman–Crippen LogP) is -1.58. The van der Waals surface area contributed by atoms with Gasteiger partial charge in [-0.1, -0.05) is 33.4 Å². The van der Waals surface area contributed by atoms with E-state index in [1.807, 2.05) is 0 Å². The van der Waals surface area contributed by atoms with Gasteiger partial charge in [-0.05, 0) is 18.9 Å². The second kappa shape index (κ2) is 32.5. The molecule has 0 amide bonds. The van der Waals surface area contributed by atoms with Gasteiger partial charge in [0.25, 0.3) is 10.1 Å². The lowest BCUT2D eigenvalue weighted by atomic mass is 10.3. The maximum Gasteiger partial charge on any atom is 0.425 e. The fourth-order valence-corrected chi connectivity index (χ4v) is 2.90. The van der Waals surface area contributed by atoms with Crippen LogP contribution in [0.5, 0.6) is 0 Å². The van der Waals surface area contributed by atoms with Crippen LogP contribution in [-0.4, -0.2) is 101 Å². The molecule has 0 spiro atoms. The van der Waals surface area contributed by atoms with E-state index in [-0.39, 0.29) is 18.8 Å². The maximum absolute atomic E-state index is 10.6. The molecule has 0 aromatic heterocycles. The van der Waals surface area contributed by atoms with Crippen molar-refractivity contribution in [2.24, 2.45) is 5.73 Å². The molecule has 240 valence electrons. The number of quaternary nitrogens is 1. The Kier molecular flexibility index (Phi) is 40.7. The van der Waals surface area contributed by atoms with E-state index in [0.717, 1.165) is 20.8 Å². The summed E-state index contributed by atoms with van der Waals surface area (Å²) in [6, 6.07) is 0. The Bertz CT molecular complexity index is 938. The first kappa shape index (κ1) is 50.1. The van der Waals surface area contributed by atoms with Crippen LogP contribution < -0.4 is 11.5 Å². The molecule has 17 nitrogen and oxygen atoms in total. The van der Waals surface area contributed by atoms with Crippen molar-refractivity contribution in [1.82, 2.24) is 0 Å². The van der Waals surface area contributed by atoms with Crippen LogP contribution in [0.4, 0.5) is 0 Å². The number of carbonyl (C=O) groups excluding carboxylic acids is 3. The molecule has 0 saturated carbocycles. The van der Waals surface area contributed by atoms with Crippen molar-refractivity contribution in [1.29, 1.82) is 0 Å². The summed E-state index contributed by atoms with van der Waals surface area (Å²) in [4.78, 5) is 31.2. The predicted molar refractivity (Wildman–Crippen MR) is 143 cm³/mol. The van der Waals surface area contributed by atoms with E-state index in [1.165, 1.54) is 21.0 Å². The molecule has 0 heterocycles. The molecule has 40 heavy (non-hydrogen) atoms. The van der Waals surface area contributed by atoms with Gasteiger partial charge in [-0.15, -0.1) is 19.2 Å². The first-order chi connectivity index (χ1) is 18.2. The molecule has 0 rings (SSSR count). The molecule has 6 N–H and O–H groups in total. The van der Waals surface area contributed by atoms with Crippen LogP contribution in [-0.2, 0) is 59.4 Å². The van der Waals surface area contributed by atoms with Crippen LogP contribution >= 0.6 is 0 Å². The fourth-order valence-electron chi connectivity index (χ4n) is 1.39. The zero-order chi connectivity index (χ0) is 33.5. The lowest BCUT2D eigenvalue weighted by Crippen LogP contribution is -2.48. The fraction of sp³-hybridized carbons (Fsp3) is 0.650. The smallest absolute Gasteiger partial charge is 0.425 e. The van der Waals surface area contributed by atoms with Crippen molar-refractivity contribution in [2.45, 2.75) is 50.5 Å². The highest BCUT2D eigenvalue weighted by Gasteiger charge is 2.29. The summed E-state index contributed by atoms with van der Waals surface area (Å²) >= 11 is 0. The number of nitrogens with two attached hydrogens (primary N) is 1. The van der Waals surface area contributed by atoms with Crippen molar-refractivity contribution in [2.75, 3.05) is 34.4 Å². The topological polar surface area (TPSA) is 295 Å². The molecular weight excluding hydrogens is 604 g/mol. The summed E-state index contributed by atoms with van der Waals surface area (Å²) in [5.74, 6) is -2.09. The Morgan fingerprint density at radius 3 is 1.25 bits per heavy atom. The second-order valence-corrected chi connectivity index (χ2v) is 9.65. The molecule has 2 unspecified atom stereocenters. The number of hydrogen-bond donors (Lipinski definition) is 3. The number of carbonyl (C=O) groups is 3. The highest BCUT2D eigenvalue weighted by atomic mass is 32.2. The first-order valence-electron chi connectivity index (χ1n) is 10.8. The summed E-state index contributed by atoms with van der Waals surface area (Å²) in [6.45, 7) is 12.8. The lowest BCUT2D eigenvalue weighted by Gasteiger charge is -2.15. The minimum absolute atomic E-state index is 0.00546. The molecule has 0 aliphatic carbocycles. The van der Waals surface area contributed by atoms with Crippen LogP contribution in [0.2, 0.25) is 0 Å². The van der Waals surface area contributed by atoms with Crippen LogP contribution in [0.15, 0.2) is 25.3 Å². The minimum atomic E-state index is -4.55. The van der Waals surface area contributed by atoms with Crippen molar-refractivity contribution >= 4 is 48.8 Å². The van der Waals surface area contributed by atoms with Gasteiger partial charge in [-0.2, -0.15) is 8.42 Å². The molecule has 0 saturated heterocycles. The third-order valence-corrected chi connectivity index (χ3v) is 5.73. The van der Waals surface area contributed by atoms with Crippen molar-refractivity contribution in [3.8, 4) is 0 Å². The van der Waals surface area contributed by atoms with E-state index in [9.17, 15) is 35.8 Å². The number of methoxy groups -OCH3 is 3. The Labute approximate surface area is 237 Å². The summed E-state index contributed by atoms with van der Waals surface area (Å²) in [7, 11) is -8.48. The van der Waals surface area contributed by atoms with E-state index >= 15 is 0 Å². The molecule has 0 aliphatic rings.